The fourth-order valence-electron chi connectivity index (χ4n) is 4.86. The van der Waals surface area contributed by atoms with Crippen LogP contribution in [0.3, 0.4) is 0 Å². The van der Waals surface area contributed by atoms with Gasteiger partial charge in [-0.1, -0.05) is 79.9 Å². The Hall–Kier alpha value is -3.21. The van der Waals surface area contributed by atoms with E-state index in [0.29, 0.717) is 12.0 Å². The predicted octanol–water partition coefficient (Wildman–Crippen LogP) is 5.78. The van der Waals surface area contributed by atoms with Crippen molar-refractivity contribution in [3.8, 4) is 0 Å². The van der Waals surface area contributed by atoms with Crippen molar-refractivity contribution in [2.75, 3.05) is 0 Å². The standard InChI is InChI=1S/C29H33FN2O2/c1-21(29(34)31-25-14-3-2-4-15-25)32(20-24-11-6-8-17-27(24)30)28(33)19-18-23-13-9-12-22-10-5-7-16-26(22)23/h5-13,16-17,21,25H,2-4,14-15,18-20H2,1H3,(H,31,34)/t21-/m1/s1. The number of benzene rings is 3. The normalized spacial score (nSPS) is 15.1. The number of rotatable bonds is 8. The first-order valence-electron chi connectivity index (χ1n) is 12.3. The fraction of sp³-hybridized carbons (Fsp3) is 0.379. The van der Waals surface area contributed by atoms with Gasteiger partial charge >= 0.3 is 0 Å². The summed E-state index contributed by atoms with van der Waals surface area (Å²) in [6.45, 7) is 1.81. The van der Waals surface area contributed by atoms with Gasteiger partial charge in [-0.25, -0.2) is 4.39 Å². The van der Waals surface area contributed by atoms with Gasteiger partial charge < -0.3 is 10.2 Å². The van der Waals surface area contributed by atoms with Crippen LogP contribution in [0.1, 0.15) is 56.6 Å². The van der Waals surface area contributed by atoms with Crippen molar-refractivity contribution < 1.29 is 14.0 Å². The molecule has 0 spiro atoms. The summed E-state index contributed by atoms with van der Waals surface area (Å²) in [5.41, 5.74) is 1.51. The van der Waals surface area contributed by atoms with Gasteiger partial charge in [0.15, 0.2) is 0 Å². The predicted molar refractivity (Wildman–Crippen MR) is 134 cm³/mol. The van der Waals surface area contributed by atoms with Gasteiger partial charge in [0.2, 0.25) is 11.8 Å². The molecule has 0 heterocycles. The molecule has 4 rings (SSSR count). The quantitative estimate of drug-likeness (QED) is 0.463. The Bertz CT molecular complexity index is 1130. The molecule has 0 aliphatic heterocycles. The minimum atomic E-state index is -0.679. The Balaban J connectivity index is 1.50. The van der Waals surface area contributed by atoms with Gasteiger partial charge in [-0.05, 0) is 48.6 Å². The molecule has 1 N–H and O–H groups in total. The van der Waals surface area contributed by atoms with E-state index in [1.807, 2.05) is 24.3 Å². The van der Waals surface area contributed by atoms with Gasteiger partial charge in [0.05, 0.1) is 0 Å². The molecule has 1 aliphatic carbocycles. The van der Waals surface area contributed by atoms with E-state index in [4.69, 9.17) is 0 Å². The number of hydrogen-bond donors (Lipinski definition) is 1. The Kier molecular flexibility index (Phi) is 7.94. The van der Waals surface area contributed by atoms with Crippen molar-refractivity contribution in [3.63, 3.8) is 0 Å². The van der Waals surface area contributed by atoms with Crippen LogP contribution in [0.4, 0.5) is 4.39 Å². The molecule has 178 valence electrons. The minimum absolute atomic E-state index is 0.0697. The maximum Gasteiger partial charge on any atom is 0.242 e. The molecule has 4 nitrogen and oxygen atoms in total. The van der Waals surface area contributed by atoms with Crippen LogP contribution in [0.25, 0.3) is 10.8 Å². The number of carbonyl (C=O) groups is 2. The number of nitrogens with zero attached hydrogens (tertiary/aromatic N) is 1. The molecular weight excluding hydrogens is 427 g/mol. The zero-order valence-corrected chi connectivity index (χ0v) is 19.8. The van der Waals surface area contributed by atoms with Crippen LogP contribution in [0.5, 0.6) is 0 Å². The average Bonchev–Trinajstić information content (AvgIpc) is 2.87. The monoisotopic (exact) mass is 460 g/mol. The van der Waals surface area contributed by atoms with Gasteiger partial charge in [-0.15, -0.1) is 0 Å². The second kappa shape index (κ2) is 11.3. The van der Waals surface area contributed by atoms with E-state index in [9.17, 15) is 14.0 Å². The average molecular weight is 461 g/mol. The summed E-state index contributed by atoms with van der Waals surface area (Å²) in [6, 6.07) is 20.1. The fourth-order valence-corrected chi connectivity index (χ4v) is 4.86. The molecule has 0 radical (unpaired) electrons. The summed E-state index contributed by atoms with van der Waals surface area (Å²) >= 11 is 0. The van der Waals surface area contributed by atoms with Gasteiger partial charge in [0, 0.05) is 24.6 Å². The Morgan fingerprint density at radius 1 is 0.941 bits per heavy atom. The van der Waals surface area contributed by atoms with Crippen molar-refractivity contribution in [3.05, 3.63) is 83.7 Å². The molecule has 0 bridgehead atoms. The number of amides is 2. The summed E-state index contributed by atoms with van der Waals surface area (Å²) in [5, 5.41) is 5.39. The Morgan fingerprint density at radius 3 is 2.41 bits per heavy atom. The van der Waals surface area contributed by atoms with Crippen molar-refractivity contribution >= 4 is 22.6 Å². The van der Waals surface area contributed by atoms with Crippen molar-refractivity contribution in [1.29, 1.82) is 0 Å². The van der Waals surface area contributed by atoms with E-state index in [1.54, 1.807) is 25.1 Å². The highest BCUT2D eigenvalue weighted by Crippen LogP contribution is 2.22. The summed E-state index contributed by atoms with van der Waals surface area (Å²) in [6.07, 6.45) is 6.19. The lowest BCUT2D eigenvalue weighted by Crippen LogP contribution is -2.50. The highest BCUT2D eigenvalue weighted by atomic mass is 19.1. The van der Waals surface area contributed by atoms with Gasteiger partial charge in [-0.2, -0.15) is 0 Å². The van der Waals surface area contributed by atoms with Crippen LogP contribution in [0.15, 0.2) is 66.7 Å². The number of hydrogen-bond acceptors (Lipinski definition) is 2. The molecule has 1 aliphatic rings. The lowest BCUT2D eigenvalue weighted by molar-refractivity contribution is -0.141. The van der Waals surface area contributed by atoms with Crippen LogP contribution in [-0.4, -0.2) is 28.8 Å². The zero-order valence-electron chi connectivity index (χ0n) is 19.8. The van der Waals surface area contributed by atoms with Crippen molar-refractivity contribution in [2.24, 2.45) is 0 Å². The molecule has 2 amide bonds. The topological polar surface area (TPSA) is 49.4 Å². The second-order valence-corrected chi connectivity index (χ2v) is 9.27. The summed E-state index contributed by atoms with van der Waals surface area (Å²) < 4.78 is 14.4. The van der Waals surface area contributed by atoms with Gasteiger partial charge in [0.1, 0.15) is 11.9 Å². The smallest absolute Gasteiger partial charge is 0.242 e. The lowest BCUT2D eigenvalue weighted by atomic mass is 9.95. The van der Waals surface area contributed by atoms with Crippen LogP contribution < -0.4 is 5.32 Å². The largest absolute Gasteiger partial charge is 0.352 e. The molecule has 3 aromatic carbocycles. The van der Waals surface area contributed by atoms with E-state index in [1.165, 1.54) is 17.4 Å². The Labute approximate surface area is 201 Å². The maximum atomic E-state index is 14.4. The highest BCUT2D eigenvalue weighted by Gasteiger charge is 2.28. The molecule has 0 aromatic heterocycles. The molecule has 0 unspecified atom stereocenters. The number of carbonyl (C=O) groups excluding carboxylic acids is 2. The number of aryl methyl sites for hydroxylation is 1. The van der Waals surface area contributed by atoms with E-state index in [2.05, 4.69) is 23.5 Å². The lowest BCUT2D eigenvalue weighted by Gasteiger charge is -2.31. The van der Waals surface area contributed by atoms with Crippen LogP contribution in [0, 0.1) is 5.82 Å². The summed E-state index contributed by atoms with van der Waals surface area (Å²) in [5.74, 6) is -0.682. The SMILES string of the molecule is C[C@H](C(=O)NC1CCCCC1)N(Cc1ccccc1F)C(=O)CCc1cccc2ccccc12. The van der Waals surface area contributed by atoms with Gasteiger partial charge in [-0.3, -0.25) is 9.59 Å². The first-order valence-corrected chi connectivity index (χ1v) is 12.3. The van der Waals surface area contributed by atoms with E-state index in [-0.39, 0.29) is 36.6 Å². The summed E-state index contributed by atoms with van der Waals surface area (Å²) in [4.78, 5) is 28.0. The molecule has 3 aromatic rings. The zero-order chi connectivity index (χ0) is 23.9. The van der Waals surface area contributed by atoms with E-state index >= 15 is 0 Å². The molecule has 34 heavy (non-hydrogen) atoms. The van der Waals surface area contributed by atoms with Crippen LogP contribution in [0.2, 0.25) is 0 Å². The maximum absolute atomic E-state index is 14.4. The first kappa shape index (κ1) is 23.9. The second-order valence-electron chi connectivity index (χ2n) is 9.27. The molecule has 1 atom stereocenters. The third kappa shape index (κ3) is 5.82. The number of nitrogens with one attached hydrogen (secondary N) is 1. The molecule has 1 fully saturated rings. The van der Waals surface area contributed by atoms with Gasteiger partial charge in [0.25, 0.3) is 0 Å². The highest BCUT2D eigenvalue weighted by molar-refractivity contribution is 5.89. The molecule has 5 heteroatoms. The molecule has 0 saturated heterocycles. The van der Waals surface area contributed by atoms with E-state index < -0.39 is 6.04 Å². The van der Waals surface area contributed by atoms with Crippen LogP contribution in [-0.2, 0) is 22.6 Å². The molecule has 1 saturated carbocycles. The Morgan fingerprint density at radius 2 is 1.62 bits per heavy atom. The van der Waals surface area contributed by atoms with Crippen molar-refractivity contribution in [1.82, 2.24) is 10.2 Å². The van der Waals surface area contributed by atoms with Crippen LogP contribution >= 0.6 is 0 Å². The number of halogens is 1. The third-order valence-corrected chi connectivity index (χ3v) is 6.91. The van der Waals surface area contributed by atoms with E-state index in [0.717, 1.165) is 42.0 Å². The third-order valence-electron chi connectivity index (χ3n) is 6.91. The molecular formula is C29H33FN2O2. The summed E-state index contributed by atoms with van der Waals surface area (Å²) in [7, 11) is 0. The number of fused-ring (bicyclic) bond motifs is 1. The first-order chi connectivity index (χ1) is 16.5. The minimum Gasteiger partial charge on any atom is -0.352 e. The van der Waals surface area contributed by atoms with Crippen molar-refractivity contribution in [2.45, 2.75) is 70.5 Å².